The quantitative estimate of drug-likeness (QED) is 0.926. The van der Waals surface area contributed by atoms with Crippen LogP contribution in [-0.2, 0) is 6.54 Å². The number of fused-ring (bicyclic) bond motifs is 1. The van der Waals surface area contributed by atoms with Crippen molar-refractivity contribution in [1.29, 1.82) is 0 Å². The first kappa shape index (κ1) is 12.9. The number of hydrogen-bond donors (Lipinski definition) is 1. The van der Waals surface area contributed by atoms with Crippen LogP contribution in [0.1, 0.15) is 5.69 Å². The summed E-state index contributed by atoms with van der Waals surface area (Å²) in [5.41, 5.74) is 8.21. The van der Waals surface area contributed by atoms with Crippen LogP contribution >= 0.6 is 11.6 Å². The average Bonchev–Trinajstić information content (AvgIpc) is 2.38. The number of pyridine rings is 1. The highest BCUT2D eigenvalue weighted by Crippen LogP contribution is 2.37. The van der Waals surface area contributed by atoms with Gasteiger partial charge in [0.15, 0.2) is 0 Å². The van der Waals surface area contributed by atoms with Gasteiger partial charge in [0.25, 0.3) is 0 Å². The first-order chi connectivity index (χ1) is 8.58. The van der Waals surface area contributed by atoms with Crippen LogP contribution in [0.3, 0.4) is 0 Å². The first-order valence-corrected chi connectivity index (χ1v) is 5.99. The molecule has 0 spiro atoms. The largest absolute Gasteiger partial charge is 0.496 e. The third-order valence-electron chi connectivity index (χ3n) is 2.82. The predicted molar refractivity (Wildman–Crippen MR) is 75.5 cm³/mol. The molecule has 2 aromatic rings. The van der Waals surface area contributed by atoms with E-state index in [1.807, 2.05) is 31.1 Å². The number of aromatic nitrogens is 1. The summed E-state index contributed by atoms with van der Waals surface area (Å²) in [5.74, 6) is 0.758. The second-order valence-electron chi connectivity index (χ2n) is 4.20. The fourth-order valence-electron chi connectivity index (χ4n) is 1.94. The molecule has 0 fully saturated rings. The molecule has 0 unspecified atom stereocenters. The van der Waals surface area contributed by atoms with Crippen LogP contribution in [0.4, 0.5) is 5.69 Å². The van der Waals surface area contributed by atoms with Crippen LogP contribution in [0.25, 0.3) is 10.9 Å². The number of benzene rings is 1. The van der Waals surface area contributed by atoms with Gasteiger partial charge in [-0.2, -0.15) is 0 Å². The van der Waals surface area contributed by atoms with Gasteiger partial charge in [0.2, 0.25) is 0 Å². The van der Waals surface area contributed by atoms with Gasteiger partial charge >= 0.3 is 0 Å². The zero-order valence-electron chi connectivity index (χ0n) is 10.7. The summed E-state index contributed by atoms with van der Waals surface area (Å²) in [5, 5.41) is 1.51. The Labute approximate surface area is 111 Å². The van der Waals surface area contributed by atoms with Gasteiger partial charge < -0.3 is 15.4 Å². The van der Waals surface area contributed by atoms with Gasteiger partial charge in [0.05, 0.1) is 34.4 Å². The highest BCUT2D eigenvalue weighted by atomic mass is 35.5. The van der Waals surface area contributed by atoms with Gasteiger partial charge in [0.1, 0.15) is 5.75 Å². The number of anilines is 1. The second kappa shape index (κ2) is 5.00. The van der Waals surface area contributed by atoms with E-state index in [1.165, 1.54) is 0 Å². The Morgan fingerprint density at radius 1 is 1.39 bits per heavy atom. The molecule has 1 aromatic heterocycles. The van der Waals surface area contributed by atoms with Crippen molar-refractivity contribution < 1.29 is 4.74 Å². The minimum absolute atomic E-state index is 0.379. The monoisotopic (exact) mass is 265 g/mol. The van der Waals surface area contributed by atoms with Gasteiger partial charge in [-0.1, -0.05) is 11.6 Å². The summed E-state index contributed by atoms with van der Waals surface area (Å²) in [6.07, 6.45) is 0. The molecule has 0 aliphatic carbocycles. The van der Waals surface area contributed by atoms with Crippen molar-refractivity contribution in [3.05, 3.63) is 28.9 Å². The third-order valence-corrected chi connectivity index (χ3v) is 3.12. The number of ether oxygens (including phenoxy) is 1. The normalized spacial score (nSPS) is 10.7. The molecule has 96 valence electrons. The lowest BCUT2D eigenvalue weighted by molar-refractivity contribution is 0.420. The summed E-state index contributed by atoms with van der Waals surface area (Å²) in [6.45, 7) is 0.379. The predicted octanol–water partition coefficient (Wildman–Crippen LogP) is 2.42. The highest BCUT2D eigenvalue weighted by molar-refractivity contribution is 6.35. The zero-order chi connectivity index (χ0) is 13.3. The lowest BCUT2D eigenvalue weighted by atomic mass is 10.1. The Kier molecular flexibility index (Phi) is 3.59. The van der Waals surface area contributed by atoms with Gasteiger partial charge in [-0.25, -0.2) is 4.98 Å². The summed E-state index contributed by atoms with van der Waals surface area (Å²) in [6, 6.07) is 5.60. The molecule has 0 amide bonds. The fraction of sp³-hybridized carbons (Fsp3) is 0.308. The van der Waals surface area contributed by atoms with Crippen molar-refractivity contribution in [2.24, 2.45) is 5.73 Å². The standard InChI is InChI=1S/C13H16ClN3O/c1-17(2)10-6-8(7-15)16-13-9(14)4-5-11(18-3)12(10)13/h4-6H,7,15H2,1-3H3. The van der Waals surface area contributed by atoms with Crippen LogP contribution in [0.5, 0.6) is 5.75 Å². The molecule has 0 radical (unpaired) electrons. The van der Waals surface area contributed by atoms with E-state index in [1.54, 1.807) is 13.2 Å². The maximum absolute atomic E-state index is 6.21. The smallest absolute Gasteiger partial charge is 0.130 e. The summed E-state index contributed by atoms with van der Waals surface area (Å²) in [7, 11) is 5.57. The number of nitrogens with two attached hydrogens (primary N) is 1. The van der Waals surface area contributed by atoms with Crippen LogP contribution in [0, 0.1) is 0 Å². The summed E-state index contributed by atoms with van der Waals surface area (Å²) in [4.78, 5) is 6.48. The number of hydrogen-bond acceptors (Lipinski definition) is 4. The Morgan fingerprint density at radius 3 is 2.67 bits per heavy atom. The fourth-order valence-corrected chi connectivity index (χ4v) is 2.14. The lowest BCUT2D eigenvalue weighted by Gasteiger charge is -2.18. The van der Waals surface area contributed by atoms with E-state index >= 15 is 0 Å². The third kappa shape index (κ3) is 2.09. The van der Waals surface area contributed by atoms with Gasteiger partial charge in [-0.3, -0.25) is 0 Å². The van der Waals surface area contributed by atoms with Crippen molar-refractivity contribution >= 4 is 28.2 Å². The van der Waals surface area contributed by atoms with Gasteiger partial charge in [-0.15, -0.1) is 0 Å². The second-order valence-corrected chi connectivity index (χ2v) is 4.61. The molecular weight excluding hydrogens is 250 g/mol. The van der Waals surface area contributed by atoms with Crippen molar-refractivity contribution in [2.75, 3.05) is 26.1 Å². The molecule has 2 rings (SSSR count). The van der Waals surface area contributed by atoms with E-state index in [2.05, 4.69) is 4.98 Å². The Morgan fingerprint density at radius 2 is 2.11 bits per heavy atom. The summed E-state index contributed by atoms with van der Waals surface area (Å²) < 4.78 is 5.39. The molecule has 0 bridgehead atoms. The maximum Gasteiger partial charge on any atom is 0.130 e. The number of halogens is 1. The molecule has 1 aromatic carbocycles. The Bertz CT molecular complexity index is 584. The van der Waals surface area contributed by atoms with Crippen molar-refractivity contribution in [1.82, 2.24) is 4.98 Å². The average molecular weight is 266 g/mol. The molecule has 0 saturated carbocycles. The molecule has 2 N–H and O–H groups in total. The topological polar surface area (TPSA) is 51.4 Å². The number of rotatable bonds is 3. The summed E-state index contributed by atoms with van der Waals surface area (Å²) >= 11 is 6.21. The molecular formula is C13H16ClN3O. The van der Waals surface area contributed by atoms with E-state index in [4.69, 9.17) is 22.1 Å². The molecule has 0 aliphatic rings. The van der Waals surface area contributed by atoms with Gasteiger partial charge in [-0.05, 0) is 18.2 Å². The number of methoxy groups -OCH3 is 1. The van der Waals surface area contributed by atoms with E-state index in [0.717, 1.165) is 28.0 Å². The van der Waals surface area contributed by atoms with E-state index in [0.29, 0.717) is 11.6 Å². The molecule has 5 heteroatoms. The van der Waals surface area contributed by atoms with Crippen LogP contribution < -0.4 is 15.4 Å². The number of nitrogens with zero attached hydrogens (tertiary/aromatic N) is 2. The molecule has 4 nitrogen and oxygen atoms in total. The van der Waals surface area contributed by atoms with Crippen LogP contribution in [0.2, 0.25) is 5.02 Å². The SMILES string of the molecule is COc1ccc(Cl)c2nc(CN)cc(N(C)C)c12. The van der Waals surface area contributed by atoms with E-state index < -0.39 is 0 Å². The maximum atomic E-state index is 6.21. The molecule has 18 heavy (non-hydrogen) atoms. The Balaban J connectivity index is 2.89. The highest BCUT2D eigenvalue weighted by Gasteiger charge is 2.14. The zero-order valence-corrected chi connectivity index (χ0v) is 11.5. The van der Waals surface area contributed by atoms with Crippen LogP contribution in [0.15, 0.2) is 18.2 Å². The van der Waals surface area contributed by atoms with E-state index in [9.17, 15) is 0 Å². The first-order valence-electron chi connectivity index (χ1n) is 5.62. The van der Waals surface area contributed by atoms with Gasteiger partial charge in [0, 0.05) is 20.6 Å². The molecule has 0 atom stereocenters. The lowest BCUT2D eigenvalue weighted by Crippen LogP contribution is -2.12. The van der Waals surface area contributed by atoms with Crippen LogP contribution in [-0.4, -0.2) is 26.2 Å². The van der Waals surface area contributed by atoms with Crippen molar-refractivity contribution in [3.63, 3.8) is 0 Å². The minimum atomic E-state index is 0.379. The van der Waals surface area contributed by atoms with Crippen molar-refractivity contribution in [2.45, 2.75) is 6.54 Å². The van der Waals surface area contributed by atoms with Crippen molar-refractivity contribution in [3.8, 4) is 5.75 Å². The molecule has 1 heterocycles. The Hall–Kier alpha value is -1.52. The minimum Gasteiger partial charge on any atom is -0.496 e. The molecule has 0 saturated heterocycles. The van der Waals surface area contributed by atoms with E-state index in [-0.39, 0.29) is 0 Å². The molecule has 0 aliphatic heterocycles.